The van der Waals surface area contributed by atoms with Crippen molar-refractivity contribution in [3.63, 3.8) is 0 Å². The zero-order valence-electron chi connectivity index (χ0n) is 39.7. The van der Waals surface area contributed by atoms with Crippen molar-refractivity contribution in [3.8, 4) is 11.5 Å². The van der Waals surface area contributed by atoms with E-state index in [1.807, 2.05) is 44.9 Å². The van der Waals surface area contributed by atoms with Gasteiger partial charge in [-0.05, 0) is 127 Å². The van der Waals surface area contributed by atoms with Crippen LogP contribution in [0.2, 0.25) is 0 Å². The molecule has 3 atom stereocenters. The molecule has 338 valence electrons. The number of hydrogen-bond acceptors (Lipinski definition) is 7. The number of aryl methyl sites for hydroxylation is 1. The fraction of sp³-hybridized carbons (Fsp3) is 0.426. The third kappa shape index (κ3) is 15.0. The monoisotopic (exact) mass is 907 g/mol. The Hall–Kier alpha value is -3.99. The second kappa shape index (κ2) is 22.3. The van der Waals surface area contributed by atoms with Crippen LogP contribution in [0.15, 0.2) is 109 Å². The summed E-state index contributed by atoms with van der Waals surface area (Å²) >= 11 is 1.66. The van der Waals surface area contributed by atoms with E-state index < -0.39 is 20.4 Å². The van der Waals surface area contributed by atoms with Crippen LogP contribution in [0.5, 0.6) is 11.5 Å². The smallest absolute Gasteiger partial charge is 0.140 e. The number of aromatic nitrogens is 1. The zero-order chi connectivity index (χ0) is 46.1. The lowest BCUT2D eigenvalue weighted by Gasteiger charge is -2.31. The van der Waals surface area contributed by atoms with Gasteiger partial charge in [0, 0.05) is 30.2 Å². The van der Waals surface area contributed by atoms with Gasteiger partial charge < -0.3 is 23.7 Å². The van der Waals surface area contributed by atoms with Crippen LogP contribution in [0.3, 0.4) is 0 Å². The maximum atomic E-state index is 12.2. The van der Waals surface area contributed by atoms with E-state index in [2.05, 4.69) is 151 Å². The lowest BCUT2D eigenvalue weighted by atomic mass is 9.93. The maximum absolute atomic E-state index is 12.2. The molecule has 5 aromatic carbocycles. The van der Waals surface area contributed by atoms with Gasteiger partial charge in [-0.3, -0.25) is 0 Å². The van der Waals surface area contributed by atoms with Gasteiger partial charge in [0.15, 0.2) is 0 Å². The number of aliphatic hydroxyl groups is 1. The lowest BCUT2D eigenvalue weighted by molar-refractivity contribution is 0.0221. The molecule has 63 heavy (non-hydrogen) atoms. The molecule has 9 heteroatoms. The SMILES string of the molecule is CC(C)c1ccc(CP(C)(C)=O)cc1.CCC(c1ccc(C(C)C)cc1)P(C)(C)=O.Cc1ccc2nc(COc3ccc4c(c3)CC(O)C(Cc3cccc(C(C)C)c3)O4)sc2c1. The van der Waals surface area contributed by atoms with E-state index >= 15 is 0 Å². The van der Waals surface area contributed by atoms with E-state index in [9.17, 15) is 14.2 Å². The van der Waals surface area contributed by atoms with Gasteiger partial charge in [-0.25, -0.2) is 4.98 Å². The van der Waals surface area contributed by atoms with Gasteiger partial charge in [0.2, 0.25) is 0 Å². The number of nitrogens with zero attached hydrogens (tertiary/aromatic N) is 1. The predicted molar refractivity (Wildman–Crippen MR) is 270 cm³/mol. The Morgan fingerprint density at radius 2 is 1.37 bits per heavy atom. The van der Waals surface area contributed by atoms with E-state index in [1.165, 1.54) is 43.6 Å². The summed E-state index contributed by atoms with van der Waals surface area (Å²) in [5, 5.41) is 11.7. The quantitative estimate of drug-likeness (QED) is 0.116. The van der Waals surface area contributed by atoms with Crippen LogP contribution in [0, 0.1) is 6.92 Å². The number of rotatable bonds is 13. The second-order valence-corrected chi connectivity index (χ2v) is 27.0. The van der Waals surface area contributed by atoms with E-state index in [0.717, 1.165) is 34.0 Å². The second-order valence-electron chi connectivity index (χ2n) is 19.0. The van der Waals surface area contributed by atoms with Crippen molar-refractivity contribution in [3.05, 3.63) is 159 Å². The van der Waals surface area contributed by atoms with Crippen LogP contribution in [0.4, 0.5) is 0 Å². The molecule has 0 fully saturated rings. The normalized spacial score (nSPS) is 15.6. The van der Waals surface area contributed by atoms with Crippen molar-refractivity contribution < 1.29 is 23.7 Å². The number of thiazole rings is 1. The number of ether oxygens (including phenoxy) is 2. The molecule has 0 aliphatic carbocycles. The Morgan fingerprint density at radius 1 is 0.746 bits per heavy atom. The van der Waals surface area contributed by atoms with Crippen LogP contribution in [-0.4, -0.2) is 49.0 Å². The molecule has 6 nitrogen and oxygen atoms in total. The van der Waals surface area contributed by atoms with Gasteiger partial charge >= 0.3 is 0 Å². The number of benzene rings is 5. The van der Waals surface area contributed by atoms with E-state index in [-0.39, 0.29) is 11.8 Å². The summed E-state index contributed by atoms with van der Waals surface area (Å²) in [5.41, 5.74) is 11.0. The van der Waals surface area contributed by atoms with Crippen molar-refractivity contribution in [1.82, 2.24) is 4.98 Å². The molecule has 0 amide bonds. The Morgan fingerprint density at radius 3 is 1.95 bits per heavy atom. The third-order valence-corrected chi connectivity index (χ3v) is 15.8. The minimum atomic E-state index is -2.04. The first kappa shape index (κ1) is 50.0. The van der Waals surface area contributed by atoms with E-state index in [1.54, 1.807) is 11.3 Å². The molecule has 1 aliphatic heterocycles. The van der Waals surface area contributed by atoms with Gasteiger partial charge in [-0.15, -0.1) is 11.3 Å². The average Bonchev–Trinajstić information content (AvgIpc) is 3.62. The van der Waals surface area contributed by atoms with Gasteiger partial charge in [0.05, 0.1) is 30.6 Å². The number of fused-ring (bicyclic) bond motifs is 2. The first-order chi connectivity index (χ1) is 29.7. The predicted octanol–water partition coefficient (Wildman–Crippen LogP) is 15.0. The van der Waals surface area contributed by atoms with Crippen molar-refractivity contribution in [2.45, 2.75) is 123 Å². The molecule has 0 saturated carbocycles. The fourth-order valence-electron chi connectivity index (χ4n) is 7.88. The Balaban J connectivity index is 0.000000208. The highest BCUT2D eigenvalue weighted by molar-refractivity contribution is 7.62. The summed E-state index contributed by atoms with van der Waals surface area (Å²) in [6.45, 7) is 25.2. The van der Waals surface area contributed by atoms with E-state index in [4.69, 9.17) is 9.47 Å². The molecule has 0 spiro atoms. The van der Waals surface area contributed by atoms with Crippen molar-refractivity contribution in [2.75, 3.05) is 26.7 Å². The fourth-order valence-corrected chi connectivity index (χ4v) is 11.7. The number of aliphatic hydroxyl groups excluding tert-OH is 1. The van der Waals surface area contributed by atoms with Gasteiger partial charge in [-0.2, -0.15) is 0 Å². The highest BCUT2D eigenvalue weighted by Gasteiger charge is 2.29. The molecule has 0 saturated heterocycles. The Kier molecular flexibility index (Phi) is 17.7. The van der Waals surface area contributed by atoms with Crippen LogP contribution in [0.25, 0.3) is 10.2 Å². The molecule has 1 N–H and O–H groups in total. The third-order valence-electron chi connectivity index (χ3n) is 11.5. The molecule has 3 unspecified atom stereocenters. The molecular formula is C54H71NO5P2S. The minimum absolute atomic E-state index is 0.216. The topological polar surface area (TPSA) is 85.7 Å². The molecule has 1 aliphatic rings. The van der Waals surface area contributed by atoms with Gasteiger partial charge in [0.1, 0.15) is 29.2 Å². The summed E-state index contributed by atoms with van der Waals surface area (Å²) in [7, 11) is -3.96. The highest BCUT2D eigenvalue weighted by Crippen LogP contribution is 2.54. The first-order valence-corrected chi connectivity index (χ1v) is 28.8. The van der Waals surface area contributed by atoms with Crippen LogP contribution >= 0.6 is 25.6 Å². The Labute approximate surface area is 382 Å². The number of hydrogen-bond donors (Lipinski definition) is 1. The Bertz CT molecular complexity index is 2480. The van der Waals surface area contributed by atoms with Crippen LogP contribution < -0.4 is 9.47 Å². The van der Waals surface area contributed by atoms with Crippen LogP contribution in [0.1, 0.15) is 128 Å². The first-order valence-electron chi connectivity index (χ1n) is 22.5. The summed E-state index contributed by atoms with van der Waals surface area (Å²) in [6.07, 6.45) is 2.11. The summed E-state index contributed by atoms with van der Waals surface area (Å²) in [6, 6.07) is 37.8. The molecule has 7 rings (SSSR count). The molecule has 0 bridgehead atoms. The average molecular weight is 908 g/mol. The van der Waals surface area contributed by atoms with Crippen molar-refractivity contribution in [2.24, 2.45) is 0 Å². The summed E-state index contributed by atoms with van der Waals surface area (Å²) in [4.78, 5) is 4.66. The molecule has 1 aromatic heterocycles. The summed E-state index contributed by atoms with van der Waals surface area (Å²) in [5.74, 6) is 3.20. The largest absolute Gasteiger partial charge is 0.487 e. The standard InChI is InChI=1S/C28H29NO3S.C14H23OP.C12H19OP/c1-17(2)20-6-4-5-19(12-20)13-26-24(30)15-21-14-22(8-10-25(21)32-26)31-16-28-29-23-9-7-18(3)11-27(23)33-28;1-6-14(16(4,5)15)13-9-7-12(8-10-13)11(2)3;1-10(2)12-7-5-11(6-8-12)9-14(3,4)13/h4-12,14,17,24,26,30H,13,15-16H2,1-3H3;7-11,14H,6H2,1-5H3;5-8,10H,9H2,1-4H3. The van der Waals surface area contributed by atoms with Gasteiger partial charge in [-0.1, -0.05) is 127 Å². The van der Waals surface area contributed by atoms with E-state index in [0.29, 0.717) is 43.4 Å². The molecule has 6 aromatic rings. The zero-order valence-corrected chi connectivity index (χ0v) is 42.3. The van der Waals surface area contributed by atoms with Gasteiger partial charge in [0.25, 0.3) is 0 Å². The van der Waals surface area contributed by atoms with Crippen LogP contribution in [-0.2, 0) is 34.7 Å². The minimum Gasteiger partial charge on any atom is -0.487 e. The highest BCUT2D eigenvalue weighted by atomic mass is 32.1. The van der Waals surface area contributed by atoms with Crippen molar-refractivity contribution >= 4 is 35.8 Å². The molecule has 2 heterocycles. The maximum Gasteiger partial charge on any atom is 0.140 e. The molecule has 0 radical (unpaired) electrons. The summed E-state index contributed by atoms with van der Waals surface area (Å²) < 4.78 is 37.2. The van der Waals surface area contributed by atoms with Crippen molar-refractivity contribution in [1.29, 1.82) is 0 Å². The lowest BCUT2D eigenvalue weighted by Crippen LogP contribution is -2.39. The molecular weight excluding hydrogens is 837 g/mol.